The van der Waals surface area contributed by atoms with E-state index < -0.39 is 0 Å². The van der Waals surface area contributed by atoms with Gasteiger partial charge in [0.2, 0.25) is 0 Å². The van der Waals surface area contributed by atoms with Gasteiger partial charge in [0.05, 0.1) is 0 Å². The molecule has 1 rings (SSSR count). The standard InChI is InChI=1S/C14H23N/c1-12(2)9-10-13(3)15-11-14-7-5-4-6-8-14/h4-8,12-13,15H,9-11H2,1-3H3. The Kier molecular flexibility index (Phi) is 5.41. The van der Waals surface area contributed by atoms with E-state index in [1.807, 2.05) is 0 Å². The van der Waals surface area contributed by atoms with E-state index >= 15 is 0 Å². The van der Waals surface area contributed by atoms with Crippen LogP contribution in [0.25, 0.3) is 0 Å². The van der Waals surface area contributed by atoms with Crippen LogP contribution >= 0.6 is 0 Å². The molecule has 0 radical (unpaired) electrons. The summed E-state index contributed by atoms with van der Waals surface area (Å²) in [4.78, 5) is 0. The molecule has 1 N–H and O–H groups in total. The van der Waals surface area contributed by atoms with Gasteiger partial charge in [0.1, 0.15) is 0 Å². The second kappa shape index (κ2) is 6.62. The predicted molar refractivity (Wildman–Crippen MR) is 66.8 cm³/mol. The molecule has 0 heterocycles. The molecule has 0 aliphatic rings. The minimum atomic E-state index is 0.618. The molecular formula is C14H23N. The molecule has 1 nitrogen and oxygen atoms in total. The number of benzene rings is 1. The lowest BCUT2D eigenvalue weighted by Gasteiger charge is -2.14. The maximum Gasteiger partial charge on any atom is 0.0207 e. The van der Waals surface area contributed by atoms with Crippen molar-refractivity contribution in [2.24, 2.45) is 5.92 Å². The average molecular weight is 205 g/mol. The van der Waals surface area contributed by atoms with E-state index in [1.165, 1.54) is 18.4 Å². The van der Waals surface area contributed by atoms with Crippen LogP contribution in [0.4, 0.5) is 0 Å². The van der Waals surface area contributed by atoms with Crippen LogP contribution in [0, 0.1) is 5.92 Å². The number of rotatable bonds is 6. The van der Waals surface area contributed by atoms with Crippen LogP contribution in [0.5, 0.6) is 0 Å². The van der Waals surface area contributed by atoms with Crippen LogP contribution in [0.1, 0.15) is 39.2 Å². The van der Waals surface area contributed by atoms with Crippen molar-refractivity contribution in [3.8, 4) is 0 Å². The summed E-state index contributed by atoms with van der Waals surface area (Å²) in [6.45, 7) is 7.82. The molecule has 0 aliphatic heterocycles. The van der Waals surface area contributed by atoms with Gasteiger partial charge in [0.15, 0.2) is 0 Å². The van der Waals surface area contributed by atoms with Crippen LogP contribution in [0.3, 0.4) is 0 Å². The Hall–Kier alpha value is -0.820. The van der Waals surface area contributed by atoms with E-state index in [0.29, 0.717) is 6.04 Å². The zero-order valence-electron chi connectivity index (χ0n) is 10.2. The fourth-order valence-corrected chi connectivity index (χ4v) is 1.57. The highest BCUT2D eigenvalue weighted by molar-refractivity contribution is 5.14. The molecule has 0 saturated heterocycles. The molecule has 0 amide bonds. The Morgan fingerprint density at radius 3 is 2.27 bits per heavy atom. The van der Waals surface area contributed by atoms with Gasteiger partial charge in [-0.15, -0.1) is 0 Å². The van der Waals surface area contributed by atoms with E-state index in [1.54, 1.807) is 0 Å². The van der Waals surface area contributed by atoms with Crippen LogP contribution in [0.2, 0.25) is 0 Å². The maximum absolute atomic E-state index is 3.55. The van der Waals surface area contributed by atoms with Crippen LogP contribution < -0.4 is 5.32 Å². The summed E-state index contributed by atoms with van der Waals surface area (Å²) in [6, 6.07) is 11.2. The zero-order valence-corrected chi connectivity index (χ0v) is 10.2. The molecule has 0 spiro atoms. The molecule has 0 bridgehead atoms. The Morgan fingerprint density at radius 1 is 1.00 bits per heavy atom. The maximum atomic E-state index is 3.55. The first-order chi connectivity index (χ1) is 7.18. The minimum absolute atomic E-state index is 0.618. The Balaban J connectivity index is 2.19. The van der Waals surface area contributed by atoms with Gasteiger partial charge in [-0.2, -0.15) is 0 Å². The Morgan fingerprint density at radius 2 is 1.67 bits per heavy atom. The summed E-state index contributed by atoms with van der Waals surface area (Å²) in [5.74, 6) is 0.811. The number of hydrogen-bond acceptors (Lipinski definition) is 1. The van der Waals surface area contributed by atoms with E-state index in [9.17, 15) is 0 Å². The highest BCUT2D eigenvalue weighted by atomic mass is 14.9. The molecule has 0 saturated carbocycles. The summed E-state index contributed by atoms with van der Waals surface area (Å²) in [5.41, 5.74) is 1.37. The average Bonchev–Trinajstić information content (AvgIpc) is 2.25. The Labute approximate surface area is 93.9 Å². The highest BCUT2D eigenvalue weighted by Crippen LogP contribution is 2.07. The predicted octanol–water partition coefficient (Wildman–Crippen LogP) is 3.60. The van der Waals surface area contributed by atoms with Gasteiger partial charge < -0.3 is 5.32 Å². The third kappa shape index (κ3) is 5.58. The first kappa shape index (κ1) is 12.3. The van der Waals surface area contributed by atoms with Crippen molar-refractivity contribution in [2.75, 3.05) is 0 Å². The Bertz CT molecular complexity index is 253. The van der Waals surface area contributed by atoms with Crippen molar-refractivity contribution in [3.05, 3.63) is 35.9 Å². The largest absolute Gasteiger partial charge is 0.310 e. The summed E-state index contributed by atoms with van der Waals surface area (Å²) in [5, 5.41) is 3.55. The lowest BCUT2D eigenvalue weighted by molar-refractivity contribution is 0.451. The molecule has 15 heavy (non-hydrogen) atoms. The van der Waals surface area contributed by atoms with E-state index in [0.717, 1.165) is 12.5 Å². The SMILES string of the molecule is CC(C)CCC(C)NCc1ccccc1. The van der Waals surface area contributed by atoms with Crippen LogP contribution in [0.15, 0.2) is 30.3 Å². The highest BCUT2D eigenvalue weighted by Gasteiger charge is 2.02. The lowest BCUT2D eigenvalue weighted by atomic mass is 10.0. The van der Waals surface area contributed by atoms with Crippen molar-refractivity contribution >= 4 is 0 Å². The van der Waals surface area contributed by atoms with Gasteiger partial charge in [-0.3, -0.25) is 0 Å². The lowest BCUT2D eigenvalue weighted by Crippen LogP contribution is -2.25. The van der Waals surface area contributed by atoms with Crippen molar-refractivity contribution in [2.45, 2.75) is 46.2 Å². The topological polar surface area (TPSA) is 12.0 Å². The molecule has 1 aromatic carbocycles. The first-order valence-electron chi connectivity index (χ1n) is 5.96. The van der Waals surface area contributed by atoms with E-state index in [2.05, 4.69) is 56.4 Å². The van der Waals surface area contributed by atoms with Crippen LogP contribution in [-0.2, 0) is 6.54 Å². The number of hydrogen-bond donors (Lipinski definition) is 1. The summed E-state index contributed by atoms with van der Waals surface area (Å²) in [7, 11) is 0. The molecule has 0 aliphatic carbocycles. The monoisotopic (exact) mass is 205 g/mol. The van der Waals surface area contributed by atoms with Crippen molar-refractivity contribution in [1.29, 1.82) is 0 Å². The van der Waals surface area contributed by atoms with Gasteiger partial charge in [-0.1, -0.05) is 44.2 Å². The zero-order chi connectivity index (χ0) is 11.1. The molecule has 0 aromatic heterocycles. The minimum Gasteiger partial charge on any atom is -0.310 e. The fraction of sp³-hybridized carbons (Fsp3) is 0.571. The number of nitrogens with one attached hydrogen (secondary N) is 1. The third-order valence-corrected chi connectivity index (χ3v) is 2.67. The van der Waals surface area contributed by atoms with Gasteiger partial charge in [0, 0.05) is 12.6 Å². The molecule has 1 heteroatoms. The van der Waals surface area contributed by atoms with Gasteiger partial charge in [-0.25, -0.2) is 0 Å². The molecule has 1 unspecified atom stereocenters. The van der Waals surface area contributed by atoms with Crippen molar-refractivity contribution in [1.82, 2.24) is 5.32 Å². The van der Waals surface area contributed by atoms with Crippen molar-refractivity contribution < 1.29 is 0 Å². The van der Waals surface area contributed by atoms with Gasteiger partial charge in [-0.05, 0) is 31.2 Å². The smallest absolute Gasteiger partial charge is 0.0207 e. The molecule has 84 valence electrons. The molecule has 0 fully saturated rings. The molecular weight excluding hydrogens is 182 g/mol. The summed E-state index contributed by atoms with van der Waals surface area (Å²) in [6.07, 6.45) is 2.58. The summed E-state index contributed by atoms with van der Waals surface area (Å²) >= 11 is 0. The fourth-order valence-electron chi connectivity index (χ4n) is 1.57. The second-order valence-corrected chi connectivity index (χ2v) is 4.74. The quantitative estimate of drug-likeness (QED) is 0.748. The van der Waals surface area contributed by atoms with E-state index in [4.69, 9.17) is 0 Å². The van der Waals surface area contributed by atoms with E-state index in [-0.39, 0.29) is 0 Å². The van der Waals surface area contributed by atoms with Crippen molar-refractivity contribution in [3.63, 3.8) is 0 Å². The first-order valence-corrected chi connectivity index (χ1v) is 5.96. The van der Waals surface area contributed by atoms with Gasteiger partial charge in [0.25, 0.3) is 0 Å². The second-order valence-electron chi connectivity index (χ2n) is 4.74. The summed E-state index contributed by atoms with van der Waals surface area (Å²) < 4.78 is 0. The normalized spacial score (nSPS) is 13.1. The third-order valence-electron chi connectivity index (χ3n) is 2.67. The molecule has 1 aromatic rings. The molecule has 1 atom stereocenters. The van der Waals surface area contributed by atoms with Gasteiger partial charge >= 0.3 is 0 Å². The van der Waals surface area contributed by atoms with Crippen LogP contribution in [-0.4, -0.2) is 6.04 Å².